The molecule has 2 N–H and O–H groups in total. The zero-order chi connectivity index (χ0) is 11.8. The van der Waals surface area contributed by atoms with Crippen molar-refractivity contribution in [2.24, 2.45) is 0 Å². The molecule has 3 rings (SSSR count). The third kappa shape index (κ3) is 1.85. The smallest absolute Gasteiger partial charge is 0.145 e. The molecule has 2 aromatic heterocycles. The fourth-order valence-corrected chi connectivity index (χ4v) is 2.86. The molecule has 3 nitrogen and oxygen atoms in total. The number of hydrogen-bond donors (Lipinski definition) is 1. The van der Waals surface area contributed by atoms with Crippen LogP contribution in [0.15, 0.2) is 36.5 Å². The molecule has 0 saturated heterocycles. The van der Waals surface area contributed by atoms with Crippen molar-refractivity contribution in [3.05, 3.63) is 41.6 Å². The Morgan fingerprint density at radius 1 is 1.24 bits per heavy atom. The topological polar surface area (TPSA) is 51.8 Å². The average Bonchev–Trinajstić information content (AvgIpc) is 2.72. The molecule has 17 heavy (non-hydrogen) atoms. The summed E-state index contributed by atoms with van der Waals surface area (Å²) in [4.78, 5) is 8.76. The summed E-state index contributed by atoms with van der Waals surface area (Å²) in [5.74, 6) is 0. The zero-order valence-electron chi connectivity index (χ0n) is 8.72. The van der Waals surface area contributed by atoms with E-state index in [4.69, 9.17) is 17.3 Å². The molecule has 0 spiro atoms. The van der Waals surface area contributed by atoms with Crippen molar-refractivity contribution in [1.29, 1.82) is 0 Å². The van der Waals surface area contributed by atoms with Gasteiger partial charge in [-0.1, -0.05) is 11.6 Å². The number of thiazole rings is 1. The van der Waals surface area contributed by atoms with Gasteiger partial charge in [0.05, 0.1) is 15.9 Å². The maximum absolute atomic E-state index is 5.94. The van der Waals surface area contributed by atoms with E-state index in [1.165, 1.54) is 0 Å². The quantitative estimate of drug-likeness (QED) is 0.728. The second kappa shape index (κ2) is 3.98. The molecule has 0 aliphatic carbocycles. The molecule has 0 bridgehead atoms. The Kier molecular flexibility index (Phi) is 2.46. The van der Waals surface area contributed by atoms with Crippen LogP contribution in [0.3, 0.4) is 0 Å². The first-order valence-corrected chi connectivity index (χ1v) is 6.20. The van der Waals surface area contributed by atoms with Crippen LogP contribution in [0.4, 0.5) is 5.69 Å². The van der Waals surface area contributed by atoms with Crippen LogP contribution < -0.4 is 5.73 Å². The van der Waals surface area contributed by atoms with Gasteiger partial charge in [-0.3, -0.25) is 4.98 Å². The van der Waals surface area contributed by atoms with Gasteiger partial charge in [-0.2, -0.15) is 0 Å². The van der Waals surface area contributed by atoms with Crippen LogP contribution in [0.25, 0.3) is 20.9 Å². The Hall–Kier alpha value is -1.65. The third-order valence-electron chi connectivity index (χ3n) is 2.39. The second-order valence-electron chi connectivity index (χ2n) is 3.57. The van der Waals surface area contributed by atoms with E-state index in [1.807, 2.05) is 30.3 Å². The Morgan fingerprint density at radius 3 is 2.94 bits per heavy atom. The van der Waals surface area contributed by atoms with Crippen LogP contribution in [-0.2, 0) is 0 Å². The van der Waals surface area contributed by atoms with E-state index in [1.54, 1.807) is 17.5 Å². The monoisotopic (exact) mass is 261 g/mol. The Bertz CT molecular complexity index is 693. The Morgan fingerprint density at radius 2 is 2.12 bits per heavy atom. The fourth-order valence-electron chi connectivity index (χ4n) is 1.60. The molecule has 0 amide bonds. The first-order valence-electron chi connectivity index (χ1n) is 5.01. The molecule has 2 heterocycles. The van der Waals surface area contributed by atoms with Gasteiger partial charge in [0, 0.05) is 11.2 Å². The summed E-state index contributed by atoms with van der Waals surface area (Å²) in [6.45, 7) is 0. The molecule has 0 saturated carbocycles. The summed E-state index contributed by atoms with van der Waals surface area (Å²) in [6.07, 6.45) is 1.71. The highest BCUT2D eigenvalue weighted by atomic mass is 35.5. The maximum Gasteiger partial charge on any atom is 0.145 e. The minimum absolute atomic E-state index is 0.637. The summed E-state index contributed by atoms with van der Waals surface area (Å²) in [5, 5.41) is 1.53. The van der Waals surface area contributed by atoms with Crippen LogP contribution in [0, 0.1) is 0 Å². The Labute approximate surface area is 107 Å². The van der Waals surface area contributed by atoms with Crippen LogP contribution in [-0.4, -0.2) is 9.97 Å². The number of benzene rings is 1. The van der Waals surface area contributed by atoms with Crippen molar-refractivity contribution in [2.75, 3.05) is 5.73 Å². The van der Waals surface area contributed by atoms with Crippen molar-refractivity contribution in [3.8, 4) is 10.7 Å². The van der Waals surface area contributed by atoms with E-state index in [0.29, 0.717) is 10.7 Å². The van der Waals surface area contributed by atoms with Gasteiger partial charge >= 0.3 is 0 Å². The lowest BCUT2D eigenvalue weighted by Crippen LogP contribution is -1.91. The Balaban J connectivity index is 2.22. The number of aromatic nitrogens is 2. The summed E-state index contributed by atoms with van der Waals surface area (Å²) in [5.41, 5.74) is 8.16. The number of pyridine rings is 1. The van der Waals surface area contributed by atoms with Crippen molar-refractivity contribution < 1.29 is 0 Å². The highest BCUT2D eigenvalue weighted by molar-refractivity contribution is 7.21. The maximum atomic E-state index is 5.94. The fraction of sp³-hybridized carbons (Fsp3) is 0. The summed E-state index contributed by atoms with van der Waals surface area (Å²) in [6, 6.07) is 9.26. The molecule has 0 aliphatic rings. The molecule has 0 fully saturated rings. The van der Waals surface area contributed by atoms with Crippen molar-refractivity contribution in [3.63, 3.8) is 0 Å². The second-order valence-corrected chi connectivity index (χ2v) is 5.04. The predicted molar refractivity (Wildman–Crippen MR) is 72.3 cm³/mol. The number of halogens is 1. The van der Waals surface area contributed by atoms with Crippen molar-refractivity contribution in [1.82, 2.24) is 9.97 Å². The molecule has 1 aromatic carbocycles. The zero-order valence-corrected chi connectivity index (χ0v) is 10.3. The van der Waals surface area contributed by atoms with E-state index in [9.17, 15) is 0 Å². The lowest BCUT2D eigenvalue weighted by atomic mass is 10.3. The molecule has 3 aromatic rings. The van der Waals surface area contributed by atoms with Gasteiger partial charge in [0.25, 0.3) is 0 Å². The van der Waals surface area contributed by atoms with E-state index in [0.717, 1.165) is 20.9 Å². The molecular formula is C12H8ClN3S. The van der Waals surface area contributed by atoms with E-state index < -0.39 is 0 Å². The summed E-state index contributed by atoms with van der Waals surface area (Å²) in [7, 11) is 0. The normalized spacial score (nSPS) is 10.9. The number of rotatable bonds is 1. The number of nitrogens with two attached hydrogens (primary N) is 1. The predicted octanol–water partition coefficient (Wildman–Crippen LogP) is 3.59. The number of hydrogen-bond acceptors (Lipinski definition) is 4. The minimum Gasteiger partial charge on any atom is -0.397 e. The van der Waals surface area contributed by atoms with Crippen LogP contribution in [0.5, 0.6) is 0 Å². The van der Waals surface area contributed by atoms with E-state index in [-0.39, 0.29) is 0 Å². The minimum atomic E-state index is 0.637. The summed E-state index contributed by atoms with van der Waals surface area (Å²) < 4.78 is 1.04. The number of anilines is 1. The van der Waals surface area contributed by atoms with Gasteiger partial charge in [-0.05, 0) is 30.3 Å². The molecule has 0 aliphatic heterocycles. The van der Waals surface area contributed by atoms with Gasteiger partial charge in [0.2, 0.25) is 0 Å². The first kappa shape index (κ1) is 10.5. The molecule has 0 radical (unpaired) electrons. The van der Waals surface area contributed by atoms with E-state index in [2.05, 4.69) is 9.97 Å². The van der Waals surface area contributed by atoms with Gasteiger partial charge in [-0.15, -0.1) is 11.3 Å². The van der Waals surface area contributed by atoms with Crippen molar-refractivity contribution >= 4 is 38.8 Å². The van der Waals surface area contributed by atoms with Gasteiger partial charge in [0.15, 0.2) is 0 Å². The van der Waals surface area contributed by atoms with Gasteiger partial charge in [-0.25, -0.2) is 4.98 Å². The molecule has 5 heteroatoms. The standard InChI is InChI=1S/C12H8ClN3S/c13-7-3-4-9-10(6-7)17-12(16-9)11-8(14)2-1-5-15-11/h1-6H,14H2. The lowest BCUT2D eigenvalue weighted by Gasteiger charge is -1.98. The number of fused-ring (bicyclic) bond motifs is 1. The van der Waals surface area contributed by atoms with Crippen LogP contribution >= 0.6 is 22.9 Å². The third-order valence-corrected chi connectivity index (χ3v) is 3.65. The van der Waals surface area contributed by atoms with Gasteiger partial charge < -0.3 is 5.73 Å². The SMILES string of the molecule is Nc1cccnc1-c1nc2ccc(Cl)cc2s1. The van der Waals surface area contributed by atoms with Gasteiger partial charge in [0.1, 0.15) is 10.7 Å². The van der Waals surface area contributed by atoms with Crippen LogP contribution in [0.2, 0.25) is 5.02 Å². The van der Waals surface area contributed by atoms with E-state index >= 15 is 0 Å². The molecule has 84 valence electrons. The molecular weight excluding hydrogens is 254 g/mol. The first-order chi connectivity index (χ1) is 8.24. The van der Waals surface area contributed by atoms with Crippen LogP contribution in [0.1, 0.15) is 0 Å². The number of nitrogen functional groups attached to an aromatic ring is 1. The molecule has 0 atom stereocenters. The largest absolute Gasteiger partial charge is 0.397 e. The molecule has 0 unspecified atom stereocenters. The highest BCUT2D eigenvalue weighted by Gasteiger charge is 2.10. The van der Waals surface area contributed by atoms with Crippen molar-refractivity contribution in [2.45, 2.75) is 0 Å². The lowest BCUT2D eigenvalue weighted by molar-refractivity contribution is 1.31. The summed E-state index contributed by atoms with van der Waals surface area (Å²) >= 11 is 7.48. The average molecular weight is 262 g/mol. The highest BCUT2D eigenvalue weighted by Crippen LogP contribution is 2.32. The number of nitrogens with zero attached hydrogens (tertiary/aromatic N) is 2.